The third-order valence-electron chi connectivity index (χ3n) is 3.11. The first-order valence-electron chi connectivity index (χ1n) is 6.39. The molecular formula is C16H18FNO2. The van der Waals surface area contributed by atoms with Crippen molar-refractivity contribution in [3.05, 3.63) is 59.4 Å². The Hall–Kier alpha value is -2.07. The molecule has 2 N–H and O–H groups in total. The highest BCUT2D eigenvalue weighted by molar-refractivity contribution is 5.36. The minimum atomic E-state index is -0.339. The molecule has 3 nitrogen and oxygen atoms in total. The summed E-state index contributed by atoms with van der Waals surface area (Å²) in [5.74, 6) is 0.909. The number of ether oxygens (including phenoxy) is 2. The Morgan fingerprint density at radius 1 is 1.15 bits per heavy atom. The van der Waals surface area contributed by atoms with E-state index in [4.69, 9.17) is 15.2 Å². The summed E-state index contributed by atoms with van der Waals surface area (Å²) in [6, 6.07) is 11.6. The van der Waals surface area contributed by atoms with Gasteiger partial charge in [0, 0.05) is 11.6 Å². The molecule has 106 valence electrons. The Balaban J connectivity index is 2.08. The first-order valence-corrected chi connectivity index (χ1v) is 6.39. The molecule has 0 amide bonds. The van der Waals surface area contributed by atoms with E-state index < -0.39 is 0 Å². The molecule has 0 heterocycles. The van der Waals surface area contributed by atoms with E-state index >= 15 is 0 Å². The highest BCUT2D eigenvalue weighted by atomic mass is 19.1. The molecule has 0 spiro atoms. The van der Waals surface area contributed by atoms with Crippen molar-refractivity contribution in [3.63, 3.8) is 0 Å². The fraction of sp³-hybridized carbons (Fsp3) is 0.250. The Kier molecular flexibility index (Phi) is 4.58. The molecule has 0 radical (unpaired) electrons. The minimum Gasteiger partial charge on any atom is -0.496 e. The Bertz CT molecular complexity index is 586. The number of aryl methyl sites for hydroxylation is 1. The molecule has 2 aromatic carbocycles. The zero-order valence-corrected chi connectivity index (χ0v) is 11.6. The van der Waals surface area contributed by atoms with Crippen LogP contribution in [0.5, 0.6) is 11.5 Å². The number of methoxy groups -OCH3 is 1. The summed E-state index contributed by atoms with van der Waals surface area (Å²) in [6.45, 7) is 2.12. The van der Waals surface area contributed by atoms with Gasteiger partial charge in [-0.25, -0.2) is 4.39 Å². The average Bonchev–Trinajstić information content (AvgIpc) is 2.47. The maximum atomic E-state index is 13.2. The van der Waals surface area contributed by atoms with Crippen LogP contribution in [0.3, 0.4) is 0 Å². The standard InChI is InChI=1S/C16H18FNO2/c1-11-7-8-12(17)9-16(11)20-10-14(18)13-5-3-4-6-15(13)19-2/h3-9,14H,10,18H2,1-2H3. The van der Waals surface area contributed by atoms with Gasteiger partial charge in [-0.2, -0.15) is 0 Å². The summed E-state index contributed by atoms with van der Waals surface area (Å²) in [4.78, 5) is 0. The van der Waals surface area contributed by atoms with Gasteiger partial charge in [0.1, 0.15) is 23.9 Å². The molecule has 0 saturated heterocycles. The summed E-state index contributed by atoms with van der Waals surface area (Å²) < 4.78 is 24.1. The van der Waals surface area contributed by atoms with Crippen molar-refractivity contribution in [3.8, 4) is 11.5 Å². The van der Waals surface area contributed by atoms with Crippen LogP contribution < -0.4 is 15.2 Å². The van der Waals surface area contributed by atoms with Crippen molar-refractivity contribution in [2.24, 2.45) is 5.73 Å². The van der Waals surface area contributed by atoms with Gasteiger partial charge < -0.3 is 15.2 Å². The summed E-state index contributed by atoms with van der Waals surface area (Å²) >= 11 is 0. The highest BCUT2D eigenvalue weighted by Gasteiger charge is 2.12. The van der Waals surface area contributed by atoms with Gasteiger partial charge in [-0.1, -0.05) is 24.3 Å². The average molecular weight is 275 g/mol. The molecule has 0 aromatic heterocycles. The van der Waals surface area contributed by atoms with Gasteiger partial charge in [-0.3, -0.25) is 0 Å². The number of para-hydroxylation sites is 1. The zero-order chi connectivity index (χ0) is 14.5. The van der Waals surface area contributed by atoms with Gasteiger partial charge in [-0.15, -0.1) is 0 Å². The Morgan fingerprint density at radius 3 is 2.65 bits per heavy atom. The molecule has 0 fully saturated rings. The molecule has 0 aliphatic rings. The molecule has 0 aliphatic carbocycles. The molecule has 1 unspecified atom stereocenters. The van der Waals surface area contributed by atoms with E-state index in [0.717, 1.165) is 16.9 Å². The molecule has 2 aromatic rings. The summed E-state index contributed by atoms with van der Waals surface area (Å²) in [5.41, 5.74) is 7.85. The van der Waals surface area contributed by atoms with Crippen LogP contribution in [0.1, 0.15) is 17.2 Å². The molecule has 0 bridgehead atoms. The normalized spacial score (nSPS) is 12.0. The Labute approximate surface area is 118 Å². The van der Waals surface area contributed by atoms with Crippen LogP contribution in [-0.4, -0.2) is 13.7 Å². The van der Waals surface area contributed by atoms with E-state index in [0.29, 0.717) is 5.75 Å². The van der Waals surface area contributed by atoms with E-state index in [1.807, 2.05) is 31.2 Å². The van der Waals surface area contributed by atoms with Gasteiger partial charge in [-0.05, 0) is 24.6 Å². The first kappa shape index (κ1) is 14.3. The predicted molar refractivity (Wildman–Crippen MR) is 76.6 cm³/mol. The van der Waals surface area contributed by atoms with Crippen LogP contribution in [0.15, 0.2) is 42.5 Å². The number of benzene rings is 2. The number of rotatable bonds is 5. The smallest absolute Gasteiger partial charge is 0.126 e. The largest absolute Gasteiger partial charge is 0.496 e. The lowest BCUT2D eigenvalue weighted by atomic mass is 10.1. The van der Waals surface area contributed by atoms with E-state index in [9.17, 15) is 4.39 Å². The van der Waals surface area contributed by atoms with E-state index in [2.05, 4.69) is 0 Å². The monoisotopic (exact) mass is 275 g/mol. The molecule has 4 heteroatoms. The number of hydrogen-bond donors (Lipinski definition) is 1. The lowest BCUT2D eigenvalue weighted by Crippen LogP contribution is -2.20. The second-order valence-electron chi connectivity index (χ2n) is 4.57. The molecular weight excluding hydrogens is 257 g/mol. The van der Waals surface area contributed by atoms with Gasteiger partial charge >= 0.3 is 0 Å². The molecule has 0 aliphatic heterocycles. The first-order chi connectivity index (χ1) is 9.61. The SMILES string of the molecule is COc1ccccc1C(N)COc1cc(F)ccc1C. The van der Waals surface area contributed by atoms with Crippen LogP contribution in [0.2, 0.25) is 0 Å². The third kappa shape index (κ3) is 3.27. The fourth-order valence-corrected chi connectivity index (χ4v) is 1.97. The second-order valence-corrected chi connectivity index (χ2v) is 4.57. The van der Waals surface area contributed by atoms with Crippen LogP contribution in [0.25, 0.3) is 0 Å². The molecule has 20 heavy (non-hydrogen) atoms. The topological polar surface area (TPSA) is 44.5 Å². The van der Waals surface area contributed by atoms with Crippen molar-refractivity contribution in [2.75, 3.05) is 13.7 Å². The van der Waals surface area contributed by atoms with Crippen molar-refractivity contribution < 1.29 is 13.9 Å². The van der Waals surface area contributed by atoms with Gasteiger partial charge in [0.05, 0.1) is 13.2 Å². The zero-order valence-electron chi connectivity index (χ0n) is 11.6. The van der Waals surface area contributed by atoms with Gasteiger partial charge in [0.25, 0.3) is 0 Å². The van der Waals surface area contributed by atoms with E-state index in [1.54, 1.807) is 13.2 Å². The van der Waals surface area contributed by atoms with Crippen LogP contribution in [0, 0.1) is 12.7 Å². The number of hydrogen-bond acceptors (Lipinski definition) is 3. The van der Waals surface area contributed by atoms with Crippen LogP contribution in [-0.2, 0) is 0 Å². The maximum absolute atomic E-state index is 13.2. The number of nitrogens with two attached hydrogens (primary N) is 1. The molecule has 1 atom stereocenters. The summed E-state index contributed by atoms with van der Waals surface area (Å²) in [6.07, 6.45) is 0. The third-order valence-corrected chi connectivity index (χ3v) is 3.11. The van der Waals surface area contributed by atoms with Crippen molar-refractivity contribution in [2.45, 2.75) is 13.0 Å². The minimum absolute atomic E-state index is 0.255. The molecule has 0 saturated carbocycles. The van der Waals surface area contributed by atoms with Gasteiger partial charge in [0.15, 0.2) is 0 Å². The quantitative estimate of drug-likeness (QED) is 0.911. The van der Waals surface area contributed by atoms with Crippen molar-refractivity contribution in [1.82, 2.24) is 0 Å². The van der Waals surface area contributed by atoms with E-state index in [-0.39, 0.29) is 18.5 Å². The lowest BCUT2D eigenvalue weighted by Gasteiger charge is -2.17. The second kappa shape index (κ2) is 6.39. The molecule has 2 rings (SSSR count). The predicted octanol–water partition coefficient (Wildman–Crippen LogP) is 3.22. The van der Waals surface area contributed by atoms with Crippen molar-refractivity contribution in [1.29, 1.82) is 0 Å². The lowest BCUT2D eigenvalue weighted by molar-refractivity contribution is 0.283. The van der Waals surface area contributed by atoms with Crippen LogP contribution >= 0.6 is 0 Å². The van der Waals surface area contributed by atoms with Crippen LogP contribution in [0.4, 0.5) is 4.39 Å². The maximum Gasteiger partial charge on any atom is 0.126 e. The fourth-order valence-electron chi connectivity index (χ4n) is 1.97. The Morgan fingerprint density at radius 2 is 1.90 bits per heavy atom. The van der Waals surface area contributed by atoms with Crippen molar-refractivity contribution >= 4 is 0 Å². The summed E-state index contributed by atoms with van der Waals surface area (Å²) in [5, 5.41) is 0. The van der Waals surface area contributed by atoms with E-state index in [1.165, 1.54) is 12.1 Å². The van der Waals surface area contributed by atoms with Gasteiger partial charge in [0.2, 0.25) is 0 Å². The highest BCUT2D eigenvalue weighted by Crippen LogP contribution is 2.25. The number of halogens is 1. The summed E-state index contributed by atoms with van der Waals surface area (Å²) in [7, 11) is 1.60.